The van der Waals surface area contributed by atoms with Crippen LogP contribution in [0.5, 0.6) is 0 Å². The first-order valence-corrected chi connectivity index (χ1v) is 9.32. The highest BCUT2D eigenvalue weighted by atomic mass is 16.4. The minimum Gasteiger partial charge on any atom is -0.481 e. The third-order valence-electron chi connectivity index (χ3n) is 4.83. The molecule has 1 saturated carbocycles. The van der Waals surface area contributed by atoms with Gasteiger partial charge in [-0.3, -0.25) is 14.5 Å². The van der Waals surface area contributed by atoms with Crippen LogP contribution in [0.25, 0.3) is 10.8 Å². The van der Waals surface area contributed by atoms with E-state index in [0.29, 0.717) is 25.4 Å². The molecule has 0 unspecified atom stereocenters. The molecule has 5 nitrogen and oxygen atoms in total. The van der Waals surface area contributed by atoms with Crippen LogP contribution in [0, 0.1) is 0 Å². The van der Waals surface area contributed by atoms with Crippen LogP contribution in [-0.2, 0) is 16.1 Å². The third-order valence-corrected chi connectivity index (χ3v) is 4.83. The fourth-order valence-corrected chi connectivity index (χ4v) is 3.28. The molecule has 0 heterocycles. The summed E-state index contributed by atoms with van der Waals surface area (Å²) in [5.41, 5.74) is 1.30. The molecule has 3 rings (SSSR count). The van der Waals surface area contributed by atoms with Gasteiger partial charge in [-0.05, 0) is 35.6 Å². The van der Waals surface area contributed by atoms with Crippen molar-refractivity contribution in [3.8, 4) is 0 Å². The molecule has 0 atom stereocenters. The topological polar surface area (TPSA) is 69.6 Å². The van der Waals surface area contributed by atoms with Crippen LogP contribution in [0.3, 0.4) is 0 Å². The number of benzene rings is 2. The summed E-state index contributed by atoms with van der Waals surface area (Å²) in [6, 6.07) is 15.4. The van der Waals surface area contributed by atoms with E-state index < -0.39 is 5.97 Å². The smallest absolute Gasteiger partial charge is 0.303 e. The zero-order chi connectivity index (χ0) is 18.4. The van der Waals surface area contributed by atoms with Crippen molar-refractivity contribution in [2.45, 2.75) is 44.7 Å². The lowest BCUT2D eigenvalue weighted by molar-refractivity contribution is -0.137. The van der Waals surface area contributed by atoms with Gasteiger partial charge in [0.2, 0.25) is 5.91 Å². The van der Waals surface area contributed by atoms with E-state index in [1.165, 1.54) is 29.2 Å². The molecule has 2 aromatic carbocycles. The normalized spacial score (nSPS) is 13.9. The Morgan fingerprint density at radius 2 is 1.85 bits per heavy atom. The van der Waals surface area contributed by atoms with Crippen LogP contribution in [0.15, 0.2) is 42.5 Å². The fraction of sp³-hybridized carbons (Fsp3) is 0.429. The van der Waals surface area contributed by atoms with Crippen LogP contribution in [0.4, 0.5) is 0 Å². The van der Waals surface area contributed by atoms with E-state index in [9.17, 15) is 9.59 Å². The predicted octanol–water partition coefficient (Wildman–Crippen LogP) is 3.18. The molecule has 2 aromatic rings. The highest BCUT2D eigenvalue weighted by Crippen LogP contribution is 2.30. The van der Waals surface area contributed by atoms with Crippen molar-refractivity contribution in [3.05, 3.63) is 48.0 Å². The summed E-state index contributed by atoms with van der Waals surface area (Å²) in [5, 5.41) is 14.0. The molecule has 1 aliphatic rings. The molecular formula is C21H26N2O3. The number of hydrogen-bond donors (Lipinski definition) is 2. The first-order chi connectivity index (χ1) is 12.6. The van der Waals surface area contributed by atoms with Gasteiger partial charge in [-0.1, -0.05) is 42.5 Å². The molecule has 2 N–H and O–H groups in total. The SMILES string of the molecule is O=C(O)CCCNC(=O)CCN(Cc1cccc2ccccc12)C1CC1. The quantitative estimate of drug-likeness (QED) is 0.643. The molecule has 26 heavy (non-hydrogen) atoms. The van der Waals surface area contributed by atoms with Crippen molar-refractivity contribution in [2.75, 3.05) is 13.1 Å². The van der Waals surface area contributed by atoms with Gasteiger partial charge in [0, 0.05) is 38.5 Å². The molecule has 1 aliphatic carbocycles. The molecule has 0 spiro atoms. The maximum atomic E-state index is 12.0. The number of carbonyl (C=O) groups is 2. The number of nitrogens with zero attached hydrogens (tertiary/aromatic N) is 1. The predicted molar refractivity (Wildman–Crippen MR) is 102 cm³/mol. The Morgan fingerprint density at radius 1 is 1.08 bits per heavy atom. The minimum absolute atomic E-state index is 0.000964. The number of nitrogens with one attached hydrogen (secondary N) is 1. The van der Waals surface area contributed by atoms with Crippen LogP contribution in [-0.4, -0.2) is 41.0 Å². The van der Waals surface area contributed by atoms with Crippen molar-refractivity contribution < 1.29 is 14.7 Å². The standard InChI is InChI=1S/C21H26N2O3/c24-20(22-13-4-9-21(25)26)12-14-23(18-10-11-18)15-17-7-3-6-16-5-1-2-8-19(16)17/h1-3,5-8,18H,4,9-15H2,(H,22,24)(H,25,26). The zero-order valence-electron chi connectivity index (χ0n) is 15.0. The van der Waals surface area contributed by atoms with Gasteiger partial charge in [-0.25, -0.2) is 0 Å². The minimum atomic E-state index is -0.825. The second-order valence-corrected chi connectivity index (χ2v) is 6.94. The van der Waals surface area contributed by atoms with Crippen molar-refractivity contribution in [3.63, 3.8) is 0 Å². The molecule has 0 aliphatic heterocycles. The molecule has 0 bridgehead atoms. The van der Waals surface area contributed by atoms with Crippen molar-refractivity contribution in [1.29, 1.82) is 0 Å². The summed E-state index contributed by atoms with van der Waals surface area (Å²) in [5.74, 6) is -0.826. The fourth-order valence-electron chi connectivity index (χ4n) is 3.28. The second kappa shape index (κ2) is 8.81. The Labute approximate surface area is 154 Å². The van der Waals surface area contributed by atoms with Crippen LogP contribution in [0.2, 0.25) is 0 Å². The second-order valence-electron chi connectivity index (χ2n) is 6.94. The molecule has 1 fully saturated rings. The number of fused-ring (bicyclic) bond motifs is 1. The molecular weight excluding hydrogens is 328 g/mol. The Kier molecular flexibility index (Phi) is 6.23. The Hall–Kier alpha value is -2.40. The molecule has 1 amide bonds. The van der Waals surface area contributed by atoms with Crippen LogP contribution < -0.4 is 5.32 Å². The maximum absolute atomic E-state index is 12.0. The molecule has 0 aromatic heterocycles. The van der Waals surface area contributed by atoms with Gasteiger partial charge >= 0.3 is 5.97 Å². The van der Waals surface area contributed by atoms with Gasteiger partial charge in [-0.15, -0.1) is 0 Å². The summed E-state index contributed by atoms with van der Waals surface area (Å²) >= 11 is 0. The van der Waals surface area contributed by atoms with Gasteiger partial charge in [0.05, 0.1) is 0 Å². The lowest BCUT2D eigenvalue weighted by Gasteiger charge is -2.22. The Morgan fingerprint density at radius 3 is 2.62 bits per heavy atom. The molecule has 0 saturated heterocycles. The van der Waals surface area contributed by atoms with Crippen LogP contribution in [0.1, 0.15) is 37.7 Å². The zero-order valence-corrected chi connectivity index (χ0v) is 15.0. The highest BCUT2D eigenvalue weighted by molar-refractivity contribution is 5.85. The summed E-state index contributed by atoms with van der Waals surface area (Å²) in [6.07, 6.45) is 3.42. The summed E-state index contributed by atoms with van der Waals surface area (Å²) in [7, 11) is 0. The maximum Gasteiger partial charge on any atom is 0.303 e. The summed E-state index contributed by atoms with van der Waals surface area (Å²) < 4.78 is 0. The Bertz CT molecular complexity index is 765. The monoisotopic (exact) mass is 354 g/mol. The molecule has 138 valence electrons. The van der Waals surface area contributed by atoms with Gasteiger partial charge in [0.15, 0.2) is 0 Å². The first-order valence-electron chi connectivity index (χ1n) is 9.32. The van der Waals surface area contributed by atoms with E-state index in [2.05, 4.69) is 52.7 Å². The van der Waals surface area contributed by atoms with E-state index in [-0.39, 0.29) is 12.3 Å². The largest absolute Gasteiger partial charge is 0.481 e. The van der Waals surface area contributed by atoms with Crippen molar-refractivity contribution in [1.82, 2.24) is 10.2 Å². The number of carboxylic acids is 1. The van der Waals surface area contributed by atoms with E-state index in [1.807, 2.05) is 0 Å². The number of carbonyl (C=O) groups excluding carboxylic acids is 1. The number of rotatable bonds is 10. The van der Waals surface area contributed by atoms with E-state index in [4.69, 9.17) is 5.11 Å². The van der Waals surface area contributed by atoms with Crippen molar-refractivity contribution in [2.24, 2.45) is 0 Å². The van der Waals surface area contributed by atoms with Gasteiger partial charge in [0.25, 0.3) is 0 Å². The van der Waals surface area contributed by atoms with Gasteiger partial charge in [0.1, 0.15) is 0 Å². The van der Waals surface area contributed by atoms with Gasteiger partial charge < -0.3 is 10.4 Å². The highest BCUT2D eigenvalue weighted by Gasteiger charge is 2.29. The number of carboxylic acid groups (broad SMARTS) is 1. The van der Waals surface area contributed by atoms with E-state index >= 15 is 0 Å². The summed E-state index contributed by atoms with van der Waals surface area (Å²) in [6.45, 7) is 2.02. The van der Waals surface area contributed by atoms with E-state index in [1.54, 1.807) is 0 Å². The van der Waals surface area contributed by atoms with E-state index in [0.717, 1.165) is 13.1 Å². The number of aliphatic carboxylic acids is 1. The average Bonchev–Trinajstić information content (AvgIpc) is 3.47. The van der Waals surface area contributed by atoms with Crippen molar-refractivity contribution >= 4 is 22.6 Å². The first kappa shape index (κ1) is 18.4. The third kappa shape index (κ3) is 5.30. The number of hydrogen-bond acceptors (Lipinski definition) is 3. The summed E-state index contributed by atoms with van der Waals surface area (Å²) in [4.78, 5) is 24.9. The average molecular weight is 354 g/mol. The van der Waals surface area contributed by atoms with Crippen LogP contribution >= 0.6 is 0 Å². The number of amides is 1. The Balaban J connectivity index is 1.53. The van der Waals surface area contributed by atoms with Gasteiger partial charge in [-0.2, -0.15) is 0 Å². The molecule has 0 radical (unpaired) electrons. The lowest BCUT2D eigenvalue weighted by atomic mass is 10.0. The lowest BCUT2D eigenvalue weighted by Crippen LogP contribution is -2.32. The molecule has 5 heteroatoms.